The van der Waals surface area contributed by atoms with E-state index in [1.165, 1.54) is 42.0 Å². The number of nitrogens with zero attached hydrogens (tertiary/aromatic N) is 2. The van der Waals surface area contributed by atoms with E-state index >= 15 is 0 Å². The molecule has 132 valence electrons. The molecule has 0 amide bonds. The average molecular weight is 347 g/mol. The number of aromatic nitrogens is 2. The van der Waals surface area contributed by atoms with Crippen LogP contribution in [0.4, 0.5) is 0 Å². The third-order valence-electron chi connectivity index (χ3n) is 5.26. The Morgan fingerprint density at radius 3 is 2.58 bits per heavy atom. The first-order valence-corrected chi connectivity index (χ1v) is 9.50. The maximum atomic E-state index is 5.81. The van der Waals surface area contributed by atoms with Crippen LogP contribution < -0.4 is 14.0 Å². The molecule has 0 fully saturated rings. The van der Waals surface area contributed by atoms with Gasteiger partial charge in [0.1, 0.15) is 25.1 Å². The smallest absolute Gasteiger partial charge is 0.262 e. The van der Waals surface area contributed by atoms with E-state index in [9.17, 15) is 0 Å². The number of benzene rings is 2. The van der Waals surface area contributed by atoms with Crippen molar-refractivity contribution in [1.82, 2.24) is 4.57 Å². The molecule has 3 heterocycles. The predicted molar refractivity (Wildman–Crippen MR) is 99.9 cm³/mol. The summed E-state index contributed by atoms with van der Waals surface area (Å²) in [5.74, 6) is 3.07. The molecule has 5 rings (SSSR count). The first kappa shape index (κ1) is 15.5. The van der Waals surface area contributed by atoms with E-state index in [4.69, 9.17) is 9.47 Å². The Bertz CT molecular complexity index is 931. The van der Waals surface area contributed by atoms with Gasteiger partial charge in [0.2, 0.25) is 0 Å². The van der Waals surface area contributed by atoms with E-state index in [1.54, 1.807) is 0 Å². The van der Waals surface area contributed by atoms with Crippen molar-refractivity contribution in [2.45, 2.75) is 32.2 Å². The molecule has 4 nitrogen and oxygen atoms in total. The fraction of sp³-hybridized carbons (Fsp3) is 0.318. The standard InChI is InChI=1S/C22H23N2O2/c1-3-7-18(8-4-1)24-19(16-23-12-6-2-5-9-22(23)24)17-10-11-20-21(15-17)26-14-13-25-20/h1,3-4,7-8,10-11,15-16H,2,5-6,9,12-14H2/q+1. The number of fused-ring (bicyclic) bond motifs is 2. The molecule has 2 aliphatic heterocycles. The Morgan fingerprint density at radius 1 is 0.846 bits per heavy atom. The van der Waals surface area contributed by atoms with Crippen molar-refractivity contribution in [2.75, 3.05) is 13.2 Å². The van der Waals surface area contributed by atoms with Crippen molar-refractivity contribution in [3.05, 3.63) is 60.6 Å². The molecule has 0 saturated carbocycles. The van der Waals surface area contributed by atoms with Crippen molar-refractivity contribution >= 4 is 0 Å². The number of para-hydroxylation sites is 1. The molecule has 1 aromatic heterocycles. The van der Waals surface area contributed by atoms with Crippen molar-refractivity contribution < 1.29 is 14.0 Å². The van der Waals surface area contributed by atoms with Crippen LogP contribution in [0.1, 0.15) is 25.1 Å². The summed E-state index contributed by atoms with van der Waals surface area (Å²) in [6.45, 7) is 2.32. The van der Waals surface area contributed by atoms with Crippen LogP contribution in [0, 0.1) is 0 Å². The molecule has 26 heavy (non-hydrogen) atoms. The van der Waals surface area contributed by atoms with E-state index in [0.29, 0.717) is 13.2 Å². The summed E-state index contributed by atoms with van der Waals surface area (Å²) in [4.78, 5) is 0. The highest BCUT2D eigenvalue weighted by atomic mass is 16.6. The van der Waals surface area contributed by atoms with Gasteiger partial charge >= 0.3 is 0 Å². The van der Waals surface area contributed by atoms with E-state index in [-0.39, 0.29) is 0 Å². The van der Waals surface area contributed by atoms with Crippen LogP contribution >= 0.6 is 0 Å². The van der Waals surface area contributed by atoms with Gasteiger partial charge < -0.3 is 9.47 Å². The maximum absolute atomic E-state index is 5.81. The second-order valence-corrected chi connectivity index (χ2v) is 6.96. The topological polar surface area (TPSA) is 27.3 Å². The molecular weight excluding hydrogens is 324 g/mol. The van der Waals surface area contributed by atoms with E-state index < -0.39 is 0 Å². The lowest BCUT2D eigenvalue weighted by Gasteiger charge is -2.18. The summed E-state index contributed by atoms with van der Waals surface area (Å²) in [6.07, 6.45) is 7.21. The second kappa shape index (κ2) is 6.52. The second-order valence-electron chi connectivity index (χ2n) is 6.96. The van der Waals surface area contributed by atoms with Gasteiger partial charge in [0.05, 0.1) is 6.54 Å². The Labute approximate surface area is 153 Å². The van der Waals surface area contributed by atoms with Gasteiger partial charge in [-0.05, 0) is 49.6 Å². The van der Waals surface area contributed by atoms with Gasteiger partial charge in [0.25, 0.3) is 5.82 Å². The van der Waals surface area contributed by atoms with Crippen molar-refractivity contribution in [2.24, 2.45) is 0 Å². The zero-order valence-corrected chi connectivity index (χ0v) is 14.9. The molecule has 0 spiro atoms. The van der Waals surface area contributed by atoms with Gasteiger partial charge in [0, 0.05) is 12.0 Å². The van der Waals surface area contributed by atoms with Crippen molar-refractivity contribution in [3.63, 3.8) is 0 Å². The number of rotatable bonds is 2. The fourth-order valence-electron chi connectivity index (χ4n) is 4.01. The zero-order valence-electron chi connectivity index (χ0n) is 14.9. The van der Waals surface area contributed by atoms with E-state index in [1.807, 2.05) is 6.07 Å². The molecule has 0 N–H and O–H groups in total. The molecule has 0 bridgehead atoms. The van der Waals surface area contributed by atoms with Gasteiger partial charge in [-0.1, -0.05) is 18.2 Å². The summed E-state index contributed by atoms with van der Waals surface area (Å²) < 4.78 is 16.4. The summed E-state index contributed by atoms with van der Waals surface area (Å²) in [6, 6.07) is 16.9. The normalized spacial score (nSPS) is 16.0. The van der Waals surface area contributed by atoms with Crippen molar-refractivity contribution in [1.29, 1.82) is 0 Å². The van der Waals surface area contributed by atoms with Crippen LogP contribution in [0.25, 0.3) is 16.9 Å². The minimum absolute atomic E-state index is 0.613. The van der Waals surface area contributed by atoms with Crippen LogP contribution in [-0.2, 0) is 13.0 Å². The Balaban J connectivity index is 1.69. The molecular formula is C22H23N2O2+. The zero-order chi connectivity index (χ0) is 17.3. The monoisotopic (exact) mass is 347 g/mol. The summed E-state index contributed by atoms with van der Waals surface area (Å²) in [7, 11) is 0. The Morgan fingerprint density at radius 2 is 1.69 bits per heavy atom. The third-order valence-corrected chi connectivity index (χ3v) is 5.26. The average Bonchev–Trinajstić information content (AvgIpc) is 2.91. The number of aryl methyl sites for hydroxylation is 1. The third kappa shape index (κ3) is 2.66. The lowest BCUT2D eigenvalue weighted by atomic mass is 10.1. The van der Waals surface area contributed by atoms with Crippen LogP contribution in [0.2, 0.25) is 0 Å². The highest BCUT2D eigenvalue weighted by Crippen LogP contribution is 2.35. The molecule has 0 atom stereocenters. The lowest BCUT2D eigenvalue weighted by molar-refractivity contribution is -0.702. The van der Waals surface area contributed by atoms with E-state index in [2.05, 4.69) is 57.8 Å². The SMILES string of the molecule is c1ccc(-n2c(-c3ccc4c(c3)OCCO4)c[n+]3c2CCCCC3)cc1. The van der Waals surface area contributed by atoms with Gasteiger partial charge in [0.15, 0.2) is 17.2 Å². The number of hydrogen-bond donors (Lipinski definition) is 0. The van der Waals surface area contributed by atoms with Gasteiger partial charge in [-0.3, -0.25) is 0 Å². The molecule has 0 saturated heterocycles. The summed E-state index contributed by atoms with van der Waals surface area (Å²) in [5.41, 5.74) is 3.59. The van der Waals surface area contributed by atoms with Gasteiger partial charge in [-0.15, -0.1) is 0 Å². The largest absolute Gasteiger partial charge is 0.486 e. The Kier molecular flexibility index (Phi) is 3.89. The minimum Gasteiger partial charge on any atom is -0.486 e. The molecule has 2 aromatic carbocycles. The van der Waals surface area contributed by atoms with Crippen LogP contribution in [-0.4, -0.2) is 17.8 Å². The lowest BCUT2D eigenvalue weighted by Crippen LogP contribution is -2.35. The Hall–Kier alpha value is -2.75. The molecule has 2 aliphatic rings. The summed E-state index contributed by atoms with van der Waals surface area (Å²) >= 11 is 0. The van der Waals surface area contributed by atoms with Crippen LogP contribution in [0.5, 0.6) is 11.5 Å². The molecule has 0 radical (unpaired) electrons. The van der Waals surface area contributed by atoms with Gasteiger partial charge in [-0.25, -0.2) is 4.57 Å². The predicted octanol–water partition coefficient (Wildman–Crippen LogP) is 3.93. The fourth-order valence-corrected chi connectivity index (χ4v) is 4.01. The summed E-state index contributed by atoms with van der Waals surface area (Å²) in [5, 5.41) is 0. The molecule has 0 aliphatic carbocycles. The highest BCUT2D eigenvalue weighted by molar-refractivity contribution is 5.66. The number of ether oxygens (including phenoxy) is 2. The van der Waals surface area contributed by atoms with Crippen LogP contribution in [0.3, 0.4) is 0 Å². The molecule has 3 aromatic rings. The van der Waals surface area contributed by atoms with Crippen LogP contribution in [0.15, 0.2) is 54.7 Å². The first-order chi connectivity index (χ1) is 12.9. The maximum Gasteiger partial charge on any atom is 0.262 e. The molecule has 4 heteroatoms. The van der Waals surface area contributed by atoms with Gasteiger partial charge in [-0.2, -0.15) is 4.57 Å². The highest BCUT2D eigenvalue weighted by Gasteiger charge is 2.27. The quantitative estimate of drug-likeness (QED) is 0.657. The van der Waals surface area contributed by atoms with E-state index in [0.717, 1.165) is 24.5 Å². The minimum atomic E-state index is 0.613. The number of imidazole rings is 1. The van der Waals surface area contributed by atoms with Crippen molar-refractivity contribution in [3.8, 4) is 28.4 Å². The first-order valence-electron chi connectivity index (χ1n) is 9.50. The number of hydrogen-bond acceptors (Lipinski definition) is 2. The molecule has 0 unspecified atom stereocenters.